The first-order chi connectivity index (χ1) is 9.39. The molecule has 3 nitrogen and oxygen atoms in total. The lowest BCUT2D eigenvalue weighted by molar-refractivity contribution is -0.137. The van der Waals surface area contributed by atoms with Crippen LogP contribution in [0.5, 0.6) is 0 Å². The number of hydrogen-bond donors (Lipinski definition) is 1. The van der Waals surface area contributed by atoms with Crippen molar-refractivity contribution in [2.75, 3.05) is 5.01 Å². The lowest BCUT2D eigenvalue weighted by Crippen LogP contribution is -2.46. The smallest absolute Gasteiger partial charge is 0.265 e. The van der Waals surface area contributed by atoms with Gasteiger partial charge in [-0.25, -0.2) is 9.40 Å². The largest absolute Gasteiger partial charge is 0.416 e. The molecule has 0 aliphatic carbocycles. The maximum Gasteiger partial charge on any atom is 0.416 e. The van der Waals surface area contributed by atoms with Crippen molar-refractivity contribution < 1.29 is 35.6 Å². The Morgan fingerprint density at radius 1 is 1.24 bits per heavy atom. The molecule has 0 saturated carbocycles. The van der Waals surface area contributed by atoms with Gasteiger partial charge in [0.25, 0.3) is 0 Å². The molecule has 0 heterocycles. The SMILES string of the molecule is O=C(N(NF)c1c(F)cc(C(F)(F)F)cc1Cl)C(F)(F)Br. The molecule has 0 atom stereocenters. The highest BCUT2D eigenvalue weighted by molar-refractivity contribution is 9.10. The number of hydrogen-bond acceptors (Lipinski definition) is 2. The van der Waals surface area contributed by atoms with Gasteiger partial charge in [-0.1, -0.05) is 17.2 Å². The highest BCUT2D eigenvalue weighted by atomic mass is 79.9. The van der Waals surface area contributed by atoms with Gasteiger partial charge in [0.15, 0.2) is 5.82 Å². The lowest BCUT2D eigenvalue weighted by Gasteiger charge is -2.23. The number of carbonyl (C=O) groups is 1. The molecule has 1 N–H and O–H groups in total. The van der Waals surface area contributed by atoms with Crippen LogP contribution < -0.4 is 10.7 Å². The van der Waals surface area contributed by atoms with E-state index >= 15 is 0 Å². The van der Waals surface area contributed by atoms with Gasteiger partial charge in [-0.2, -0.15) is 22.0 Å². The van der Waals surface area contributed by atoms with Crippen LogP contribution in [0.3, 0.4) is 0 Å². The number of nitrogens with zero attached hydrogens (tertiary/aromatic N) is 1. The predicted molar refractivity (Wildman–Crippen MR) is 62.0 cm³/mol. The quantitative estimate of drug-likeness (QED) is 0.355. The van der Waals surface area contributed by atoms with E-state index in [2.05, 4.69) is 0 Å². The van der Waals surface area contributed by atoms with Gasteiger partial charge in [0.2, 0.25) is 0 Å². The monoisotopic (exact) mass is 402 g/mol. The number of amides is 1. The van der Waals surface area contributed by atoms with Crippen molar-refractivity contribution in [1.29, 1.82) is 0 Å². The van der Waals surface area contributed by atoms with E-state index in [1.165, 1.54) is 0 Å². The normalized spacial score (nSPS) is 12.4. The summed E-state index contributed by atoms with van der Waals surface area (Å²) in [6, 6.07) is 0.0369. The molecule has 0 unspecified atom stereocenters. The van der Waals surface area contributed by atoms with E-state index in [-0.39, 0.29) is 12.1 Å². The molecular weight excluding hydrogens is 400 g/mol. The van der Waals surface area contributed by atoms with Crippen LogP contribution in [-0.2, 0) is 11.0 Å². The Bertz CT molecular complexity index is 537. The van der Waals surface area contributed by atoms with Crippen molar-refractivity contribution in [2.45, 2.75) is 11.0 Å². The lowest BCUT2D eigenvalue weighted by atomic mass is 10.2. The number of halogens is 9. The van der Waals surface area contributed by atoms with Crippen LogP contribution in [0.1, 0.15) is 5.56 Å². The fourth-order valence-electron chi connectivity index (χ4n) is 1.25. The number of carbonyl (C=O) groups excluding carboxylic acids is 1. The Kier molecular flexibility index (Phi) is 5.11. The third-order valence-corrected chi connectivity index (χ3v) is 2.73. The van der Waals surface area contributed by atoms with E-state index in [4.69, 9.17) is 11.6 Å². The maximum atomic E-state index is 13.6. The Labute approximate surface area is 125 Å². The number of anilines is 1. The molecule has 1 aromatic carbocycles. The summed E-state index contributed by atoms with van der Waals surface area (Å²) in [5.41, 5.74) is -2.43. The minimum atomic E-state index is -4.97. The zero-order valence-electron chi connectivity index (χ0n) is 9.41. The van der Waals surface area contributed by atoms with Gasteiger partial charge in [-0.05, 0) is 12.1 Å². The van der Waals surface area contributed by atoms with Crippen LogP contribution in [0.4, 0.5) is 36.5 Å². The molecule has 0 fully saturated rings. The average Bonchev–Trinajstić information content (AvgIpc) is 2.30. The Hall–Kier alpha value is -1.07. The van der Waals surface area contributed by atoms with Crippen LogP contribution in [0, 0.1) is 5.82 Å². The Morgan fingerprint density at radius 2 is 1.76 bits per heavy atom. The molecule has 1 aromatic rings. The predicted octanol–water partition coefficient (Wildman–Crippen LogP) is 4.21. The fraction of sp³-hybridized carbons (Fsp3) is 0.222. The molecule has 0 aliphatic heterocycles. The summed E-state index contributed by atoms with van der Waals surface area (Å²) in [6.45, 7) is 0. The zero-order valence-corrected chi connectivity index (χ0v) is 11.8. The number of hydrazine groups is 1. The van der Waals surface area contributed by atoms with Crippen molar-refractivity contribution in [1.82, 2.24) is 5.65 Å². The molecule has 0 saturated heterocycles. The summed E-state index contributed by atoms with van der Waals surface area (Å²) in [7, 11) is 0. The third-order valence-electron chi connectivity index (χ3n) is 2.10. The summed E-state index contributed by atoms with van der Waals surface area (Å²) >= 11 is 6.91. The summed E-state index contributed by atoms with van der Waals surface area (Å²) in [5, 5.41) is -1.76. The second kappa shape index (κ2) is 5.97. The minimum Gasteiger partial charge on any atom is -0.265 e. The molecule has 0 radical (unpaired) electrons. The number of alkyl halides is 6. The first-order valence-electron chi connectivity index (χ1n) is 4.73. The molecule has 0 aliphatic rings. The molecule has 118 valence electrons. The summed E-state index contributed by atoms with van der Waals surface area (Å²) in [4.78, 5) is 6.86. The van der Waals surface area contributed by atoms with Crippen LogP contribution in [0.15, 0.2) is 12.1 Å². The minimum absolute atomic E-state index is 0.120. The van der Waals surface area contributed by atoms with Crippen molar-refractivity contribution in [3.63, 3.8) is 0 Å². The van der Waals surface area contributed by atoms with Gasteiger partial charge in [0, 0.05) is 15.9 Å². The van der Waals surface area contributed by atoms with Crippen molar-refractivity contribution in [2.24, 2.45) is 0 Å². The van der Waals surface area contributed by atoms with Gasteiger partial charge >= 0.3 is 16.9 Å². The van der Waals surface area contributed by atoms with Gasteiger partial charge in [0.1, 0.15) is 5.69 Å². The van der Waals surface area contributed by atoms with E-state index in [0.29, 0.717) is 5.65 Å². The van der Waals surface area contributed by atoms with Crippen LogP contribution in [0.25, 0.3) is 0 Å². The molecule has 21 heavy (non-hydrogen) atoms. The first kappa shape index (κ1) is 18.0. The van der Waals surface area contributed by atoms with Gasteiger partial charge in [-0.15, -0.1) is 4.48 Å². The van der Waals surface area contributed by atoms with E-state index in [1.54, 1.807) is 15.9 Å². The van der Waals surface area contributed by atoms with E-state index < -0.39 is 44.0 Å². The van der Waals surface area contributed by atoms with Gasteiger partial charge in [-0.3, -0.25) is 4.79 Å². The second-order valence-corrected chi connectivity index (χ2v) is 4.91. The summed E-state index contributed by atoms with van der Waals surface area (Å²) in [6.07, 6.45) is -4.97. The zero-order chi connectivity index (χ0) is 16.6. The van der Waals surface area contributed by atoms with Crippen molar-refractivity contribution in [3.8, 4) is 0 Å². The van der Waals surface area contributed by atoms with Gasteiger partial charge in [0.05, 0.1) is 10.6 Å². The number of rotatable bonds is 3. The molecule has 1 amide bonds. The Morgan fingerprint density at radius 3 is 2.10 bits per heavy atom. The first-order valence-corrected chi connectivity index (χ1v) is 5.90. The van der Waals surface area contributed by atoms with E-state index in [0.717, 1.165) is 0 Å². The maximum absolute atomic E-state index is 13.6. The Balaban J connectivity index is 3.40. The highest BCUT2D eigenvalue weighted by Crippen LogP contribution is 2.38. The topological polar surface area (TPSA) is 32.3 Å². The van der Waals surface area contributed by atoms with Crippen LogP contribution >= 0.6 is 27.5 Å². The van der Waals surface area contributed by atoms with Crippen LogP contribution in [-0.4, -0.2) is 10.7 Å². The van der Waals surface area contributed by atoms with Crippen molar-refractivity contribution in [3.05, 3.63) is 28.5 Å². The molecule has 12 heteroatoms. The average molecular weight is 403 g/mol. The summed E-state index contributed by atoms with van der Waals surface area (Å²) < 4.78 is 88.7. The molecular formula is C9H3BrClF7N2O. The molecule has 0 bridgehead atoms. The number of nitrogens with one attached hydrogen (secondary N) is 1. The standard InChI is InChI=1S/C9H3BrClF7N2O/c10-8(13,14)7(21)20(19-18)6-4(11)1-3(2-5(6)12)9(15,16)17/h1-2,19H. The van der Waals surface area contributed by atoms with Crippen molar-refractivity contribution >= 4 is 39.1 Å². The van der Waals surface area contributed by atoms with E-state index in [9.17, 15) is 35.6 Å². The van der Waals surface area contributed by atoms with Crippen LogP contribution in [0.2, 0.25) is 5.02 Å². The number of benzene rings is 1. The summed E-state index contributed by atoms with van der Waals surface area (Å²) in [5.74, 6) is -4.16. The molecule has 0 spiro atoms. The second-order valence-electron chi connectivity index (χ2n) is 3.51. The fourth-order valence-corrected chi connectivity index (χ4v) is 1.72. The van der Waals surface area contributed by atoms with Gasteiger partial charge < -0.3 is 0 Å². The highest BCUT2D eigenvalue weighted by Gasteiger charge is 2.42. The molecule has 1 rings (SSSR count). The third kappa shape index (κ3) is 3.98. The van der Waals surface area contributed by atoms with E-state index in [1.807, 2.05) is 0 Å². The molecule has 0 aromatic heterocycles.